The quantitative estimate of drug-likeness (QED) is 0.606. The fourth-order valence-corrected chi connectivity index (χ4v) is 4.63. The van der Waals surface area contributed by atoms with E-state index in [2.05, 4.69) is 59.8 Å². The Bertz CT molecular complexity index is 930. The molecule has 4 rings (SSSR count). The molecule has 1 unspecified atom stereocenters. The van der Waals surface area contributed by atoms with Gasteiger partial charge in [0.1, 0.15) is 5.82 Å². The van der Waals surface area contributed by atoms with E-state index in [0.29, 0.717) is 17.8 Å². The highest BCUT2D eigenvalue weighted by Gasteiger charge is 2.43. The average molecular weight is 447 g/mol. The van der Waals surface area contributed by atoms with Crippen LogP contribution in [0.2, 0.25) is 0 Å². The maximum Gasteiger partial charge on any atom is 0.227 e. The van der Waals surface area contributed by atoms with E-state index >= 15 is 0 Å². The van der Waals surface area contributed by atoms with Crippen molar-refractivity contribution in [1.82, 2.24) is 20.6 Å². The number of anilines is 2. The highest BCUT2D eigenvalue weighted by Crippen LogP contribution is 2.36. The summed E-state index contributed by atoms with van der Waals surface area (Å²) in [6, 6.07) is 6.33. The van der Waals surface area contributed by atoms with E-state index in [1.807, 2.05) is 0 Å². The number of hydrogen-bond acceptors (Lipinski definition) is 6. The number of nitrogens with one attached hydrogen (secondary N) is 3. The second-order valence-electron chi connectivity index (χ2n) is 9.52. The largest absolute Gasteiger partial charge is 0.366 e. The average Bonchev–Trinajstić information content (AvgIpc) is 3.13. The summed E-state index contributed by atoms with van der Waals surface area (Å²) in [7, 11) is 1.69. The molecule has 7 nitrogen and oxygen atoms in total. The topological polar surface area (TPSA) is 82.2 Å². The lowest BCUT2D eigenvalue weighted by atomic mass is 9.81. The van der Waals surface area contributed by atoms with E-state index in [9.17, 15) is 4.79 Å². The minimum absolute atomic E-state index is 0. The van der Waals surface area contributed by atoms with Crippen molar-refractivity contribution in [3.05, 3.63) is 23.8 Å². The van der Waals surface area contributed by atoms with E-state index in [0.717, 1.165) is 55.3 Å². The smallest absolute Gasteiger partial charge is 0.227 e. The number of fused-ring (bicyclic) bond motifs is 1. The van der Waals surface area contributed by atoms with Crippen molar-refractivity contribution in [3.8, 4) is 0 Å². The number of nitrogens with zero attached hydrogens (tertiary/aromatic N) is 3. The normalized spacial score (nSPS) is 18.0. The van der Waals surface area contributed by atoms with Crippen LogP contribution in [0.3, 0.4) is 0 Å². The molecule has 31 heavy (non-hydrogen) atoms. The molecule has 0 saturated carbocycles. The molecule has 170 valence electrons. The number of carbonyl (C=O) groups is 1. The van der Waals surface area contributed by atoms with Crippen molar-refractivity contribution < 1.29 is 4.79 Å². The molecule has 2 aromatic rings. The summed E-state index contributed by atoms with van der Waals surface area (Å²) in [5.74, 6) is 2.15. The highest BCUT2D eigenvalue weighted by molar-refractivity contribution is 5.91. The van der Waals surface area contributed by atoms with Crippen LogP contribution in [0.25, 0.3) is 10.9 Å². The number of halogens is 1. The van der Waals surface area contributed by atoms with Gasteiger partial charge in [-0.3, -0.25) is 4.79 Å². The van der Waals surface area contributed by atoms with Gasteiger partial charge < -0.3 is 20.9 Å². The van der Waals surface area contributed by atoms with Crippen LogP contribution in [0.1, 0.15) is 38.7 Å². The van der Waals surface area contributed by atoms with Crippen molar-refractivity contribution in [2.45, 2.75) is 46.1 Å². The third kappa shape index (κ3) is 5.21. The first-order valence-corrected chi connectivity index (χ1v) is 11.1. The standard InChI is InChI=1S/C23H34N6O.ClH/c1-15(2)9-17(11-20(30)24-4)26-21-18-6-5-16(3)10-19(18)27-22(28-21)29-8-7-23(14-29)12-25-13-23;/h5-6,10,15,17,25H,7-9,11-14H2,1-4H3,(H,24,30)(H,26,27,28);1H. The molecule has 1 aromatic carbocycles. The molecule has 3 heterocycles. The van der Waals surface area contributed by atoms with Gasteiger partial charge in [-0.15, -0.1) is 12.4 Å². The molecule has 8 heteroatoms. The number of hydrogen-bond donors (Lipinski definition) is 3. The Labute approximate surface area is 191 Å². The summed E-state index contributed by atoms with van der Waals surface area (Å²) < 4.78 is 0. The molecule has 1 atom stereocenters. The Kier molecular flexibility index (Phi) is 7.27. The zero-order valence-corrected chi connectivity index (χ0v) is 19.8. The number of aryl methyl sites for hydroxylation is 1. The minimum Gasteiger partial charge on any atom is -0.366 e. The lowest BCUT2D eigenvalue weighted by molar-refractivity contribution is -0.120. The van der Waals surface area contributed by atoms with Crippen LogP contribution >= 0.6 is 12.4 Å². The van der Waals surface area contributed by atoms with Crippen molar-refractivity contribution in [2.75, 3.05) is 43.4 Å². The third-order valence-corrected chi connectivity index (χ3v) is 6.37. The van der Waals surface area contributed by atoms with Gasteiger partial charge in [-0.25, -0.2) is 4.98 Å². The van der Waals surface area contributed by atoms with Gasteiger partial charge in [0.15, 0.2) is 0 Å². The van der Waals surface area contributed by atoms with Gasteiger partial charge in [-0.1, -0.05) is 19.9 Å². The Morgan fingerprint density at radius 2 is 2.06 bits per heavy atom. The van der Waals surface area contributed by atoms with Gasteiger partial charge in [-0.05, 0) is 43.4 Å². The zero-order valence-electron chi connectivity index (χ0n) is 19.0. The molecular formula is C23H35ClN6O. The molecule has 0 radical (unpaired) electrons. The Balaban J connectivity index is 0.00000272. The summed E-state index contributed by atoms with van der Waals surface area (Å²) in [6.45, 7) is 10.6. The first-order valence-electron chi connectivity index (χ1n) is 11.1. The van der Waals surface area contributed by atoms with E-state index in [-0.39, 0.29) is 24.4 Å². The van der Waals surface area contributed by atoms with E-state index < -0.39 is 0 Å². The Hall–Kier alpha value is -2.12. The number of carbonyl (C=O) groups excluding carboxylic acids is 1. The summed E-state index contributed by atoms with van der Waals surface area (Å²) in [6.07, 6.45) is 2.52. The number of amides is 1. The molecule has 1 aromatic heterocycles. The molecule has 2 saturated heterocycles. The second-order valence-corrected chi connectivity index (χ2v) is 9.52. The molecule has 0 bridgehead atoms. The molecule has 3 N–H and O–H groups in total. The first-order chi connectivity index (χ1) is 14.4. The predicted molar refractivity (Wildman–Crippen MR) is 129 cm³/mol. The van der Waals surface area contributed by atoms with Crippen LogP contribution in [0.5, 0.6) is 0 Å². The van der Waals surface area contributed by atoms with Crippen molar-refractivity contribution in [1.29, 1.82) is 0 Å². The second kappa shape index (κ2) is 9.57. The van der Waals surface area contributed by atoms with Crippen LogP contribution in [-0.2, 0) is 4.79 Å². The van der Waals surface area contributed by atoms with Gasteiger partial charge in [-0.2, -0.15) is 4.98 Å². The van der Waals surface area contributed by atoms with E-state index in [4.69, 9.17) is 9.97 Å². The van der Waals surface area contributed by atoms with Crippen molar-refractivity contribution in [2.24, 2.45) is 11.3 Å². The van der Waals surface area contributed by atoms with Gasteiger partial charge in [0, 0.05) is 56.5 Å². The van der Waals surface area contributed by atoms with Gasteiger partial charge in [0.2, 0.25) is 11.9 Å². The van der Waals surface area contributed by atoms with E-state index in [1.54, 1.807) is 7.05 Å². The molecule has 2 fully saturated rings. The molecule has 0 aliphatic carbocycles. The fourth-order valence-electron chi connectivity index (χ4n) is 4.63. The predicted octanol–water partition coefficient (Wildman–Crippen LogP) is 3.12. The number of aromatic nitrogens is 2. The molecule has 1 amide bonds. The number of rotatable bonds is 7. The summed E-state index contributed by atoms with van der Waals surface area (Å²) >= 11 is 0. The highest BCUT2D eigenvalue weighted by atomic mass is 35.5. The number of benzene rings is 1. The van der Waals surface area contributed by atoms with Gasteiger partial charge in [0.25, 0.3) is 0 Å². The molecule has 1 spiro atoms. The summed E-state index contributed by atoms with van der Waals surface area (Å²) in [5, 5.41) is 10.8. The van der Waals surface area contributed by atoms with Crippen LogP contribution in [0.4, 0.5) is 11.8 Å². The maximum atomic E-state index is 12.1. The lowest BCUT2D eigenvalue weighted by Crippen LogP contribution is -2.54. The molecule has 2 aliphatic rings. The lowest BCUT2D eigenvalue weighted by Gasteiger charge is -2.39. The first kappa shape index (κ1) is 23.5. The van der Waals surface area contributed by atoms with Gasteiger partial charge in [0.05, 0.1) is 5.52 Å². The fraction of sp³-hybridized carbons (Fsp3) is 0.609. The Morgan fingerprint density at radius 1 is 1.29 bits per heavy atom. The summed E-state index contributed by atoms with van der Waals surface area (Å²) in [5.41, 5.74) is 2.53. The molecule has 2 aliphatic heterocycles. The van der Waals surface area contributed by atoms with E-state index in [1.165, 1.54) is 12.0 Å². The minimum atomic E-state index is 0. The zero-order chi connectivity index (χ0) is 21.3. The van der Waals surface area contributed by atoms with Crippen LogP contribution in [-0.4, -0.2) is 55.1 Å². The monoisotopic (exact) mass is 446 g/mol. The maximum absolute atomic E-state index is 12.1. The van der Waals surface area contributed by atoms with Crippen molar-refractivity contribution in [3.63, 3.8) is 0 Å². The van der Waals surface area contributed by atoms with Gasteiger partial charge >= 0.3 is 0 Å². The third-order valence-electron chi connectivity index (χ3n) is 6.37. The Morgan fingerprint density at radius 3 is 2.68 bits per heavy atom. The SMILES string of the molecule is CNC(=O)CC(CC(C)C)Nc1nc(N2CCC3(CNC3)C2)nc2cc(C)ccc12.Cl. The van der Waals surface area contributed by atoms with Crippen molar-refractivity contribution >= 4 is 41.0 Å². The van der Waals surface area contributed by atoms with Crippen LogP contribution < -0.4 is 20.9 Å². The summed E-state index contributed by atoms with van der Waals surface area (Å²) in [4.78, 5) is 24.3. The molecular weight excluding hydrogens is 412 g/mol. The van der Waals surface area contributed by atoms with Crippen LogP contribution in [0.15, 0.2) is 18.2 Å². The van der Waals surface area contributed by atoms with Crippen LogP contribution in [0, 0.1) is 18.3 Å².